The summed E-state index contributed by atoms with van der Waals surface area (Å²) in [4.78, 5) is 0. The van der Waals surface area contributed by atoms with Gasteiger partial charge in [-0.3, -0.25) is 0 Å². The summed E-state index contributed by atoms with van der Waals surface area (Å²) in [5.41, 5.74) is 0. The molecule has 0 aliphatic carbocycles. The first-order valence-corrected chi connectivity index (χ1v) is 4.50. The largest absolute Gasteiger partial charge is 0.356 e. The van der Waals surface area contributed by atoms with E-state index in [1.807, 2.05) is 0 Å². The predicted octanol–water partition coefficient (Wildman–Crippen LogP) is 2.88. The Morgan fingerprint density at radius 2 is 2.12 bits per heavy atom. The molecule has 0 aromatic carbocycles. The van der Waals surface area contributed by atoms with Crippen molar-refractivity contribution in [2.24, 2.45) is 0 Å². The average molecular weight is 246 g/mol. The third kappa shape index (κ3) is 6.92. The molecule has 0 aliphatic heterocycles. The summed E-state index contributed by atoms with van der Waals surface area (Å²) in [6.07, 6.45) is 2.32. The molecule has 0 spiro atoms. The number of rotatable bonds is 4. The van der Waals surface area contributed by atoms with E-state index < -0.39 is 0 Å². The van der Waals surface area contributed by atoms with Crippen molar-refractivity contribution in [2.75, 3.05) is 6.61 Å². The van der Waals surface area contributed by atoms with E-state index in [0.29, 0.717) is 0 Å². The molecule has 0 aromatic heterocycles. The molecule has 0 radical (unpaired) electrons. The van der Waals surface area contributed by atoms with Crippen LogP contribution in [0, 0.1) is 0 Å². The van der Waals surface area contributed by atoms with Gasteiger partial charge in [0.15, 0.2) is 3.92 Å². The Bertz CT molecular complexity index is 47.7. The Kier molecular flexibility index (Phi) is 6.74. The Morgan fingerprint density at radius 3 is 2.50 bits per heavy atom. The lowest BCUT2D eigenvalue weighted by molar-refractivity contribution is 0.166. The Balaban J connectivity index is 2.72. The highest BCUT2D eigenvalue weighted by atomic mass is 79.9. The van der Waals surface area contributed by atoms with Crippen LogP contribution in [0.4, 0.5) is 0 Å². The summed E-state index contributed by atoms with van der Waals surface area (Å²) < 4.78 is 5.14. The van der Waals surface area contributed by atoms with E-state index in [-0.39, 0.29) is 3.92 Å². The predicted molar refractivity (Wildman–Crippen MR) is 42.5 cm³/mol. The maximum Gasteiger partial charge on any atom is 0.167 e. The van der Waals surface area contributed by atoms with Crippen molar-refractivity contribution >= 4 is 31.9 Å². The number of alkyl halides is 2. The van der Waals surface area contributed by atoms with Gasteiger partial charge in [0.1, 0.15) is 0 Å². The first kappa shape index (κ1) is 8.92. The van der Waals surface area contributed by atoms with E-state index in [2.05, 4.69) is 38.8 Å². The minimum absolute atomic E-state index is 0.0292. The van der Waals surface area contributed by atoms with Gasteiger partial charge in [0, 0.05) is 6.61 Å². The molecule has 0 unspecified atom stereocenters. The Labute approximate surface area is 67.0 Å². The van der Waals surface area contributed by atoms with Crippen LogP contribution in [-0.4, -0.2) is 10.5 Å². The van der Waals surface area contributed by atoms with Gasteiger partial charge in [-0.05, 0) is 38.3 Å². The standard InChI is InChI=1S/C5H10Br2O/c1-2-3-4-8-5(6)7/h5H,2-4H2,1H3. The smallest absolute Gasteiger partial charge is 0.167 e. The summed E-state index contributed by atoms with van der Waals surface area (Å²) in [7, 11) is 0. The monoisotopic (exact) mass is 244 g/mol. The fourth-order valence-corrected chi connectivity index (χ4v) is 0.691. The average Bonchev–Trinajstić information content (AvgIpc) is 1.66. The normalized spacial score (nSPS) is 10.5. The molecule has 1 nitrogen and oxygen atoms in total. The van der Waals surface area contributed by atoms with Crippen molar-refractivity contribution in [3.63, 3.8) is 0 Å². The molecular weight excluding hydrogens is 236 g/mol. The van der Waals surface area contributed by atoms with Crippen LogP contribution in [0.1, 0.15) is 19.8 Å². The van der Waals surface area contributed by atoms with E-state index in [4.69, 9.17) is 4.74 Å². The SMILES string of the molecule is CCCCOC(Br)Br. The van der Waals surface area contributed by atoms with E-state index in [1.54, 1.807) is 0 Å². The summed E-state index contributed by atoms with van der Waals surface area (Å²) in [5.74, 6) is 0. The van der Waals surface area contributed by atoms with Crippen LogP contribution in [0.25, 0.3) is 0 Å². The summed E-state index contributed by atoms with van der Waals surface area (Å²) in [6.45, 7) is 2.97. The highest BCUT2D eigenvalue weighted by Gasteiger charge is 1.93. The molecule has 0 saturated carbocycles. The molecule has 0 aromatic rings. The summed E-state index contributed by atoms with van der Waals surface area (Å²) in [5, 5.41) is 0. The minimum atomic E-state index is 0.0292. The molecule has 0 heterocycles. The van der Waals surface area contributed by atoms with Crippen molar-refractivity contribution in [1.82, 2.24) is 0 Å². The van der Waals surface area contributed by atoms with Gasteiger partial charge in [0.2, 0.25) is 0 Å². The van der Waals surface area contributed by atoms with E-state index >= 15 is 0 Å². The lowest BCUT2D eigenvalue weighted by atomic mass is 10.4. The fourth-order valence-electron chi connectivity index (χ4n) is 0.317. The van der Waals surface area contributed by atoms with Crippen LogP contribution in [-0.2, 0) is 4.74 Å². The molecule has 0 aliphatic rings. The van der Waals surface area contributed by atoms with E-state index in [1.165, 1.54) is 6.42 Å². The second-order valence-corrected chi connectivity index (χ2v) is 4.38. The number of ether oxygens (including phenoxy) is 1. The molecule has 0 N–H and O–H groups in total. The van der Waals surface area contributed by atoms with Gasteiger partial charge in [0.05, 0.1) is 0 Å². The van der Waals surface area contributed by atoms with Crippen molar-refractivity contribution in [3.05, 3.63) is 0 Å². The van der Waals surface area contributed by atoms with E-state index in [9.17, 15) is 0 Å². The summed E-state index contributed by atoms with van der Waals surface area (Å²) in [6, 6.07) is 0. The van der Waals surface area contributed by atoms with Crippen molar-refractivity contribution in [1.29, 1.82) is 0 Å². The number of unbranched alkanes of at least 4 members (excludes halogenated alkanes) is 1. The quantitative estimate of drug-likeness (QED) is 0.547. The van der Waals surface area contributed by atoms with Crippen molar-refractivity contribution in [2.45, 2.75) is 23.7 Å². The number of halogens is 2. The molecular formula is C5H10Br2O. The molecule has 8 heavy (non-hydrogen) atoms. The zero-order valence-corrected chi connectivity index (χ0v) is 8.03. The van der Waals surface area contributed by atoms with E-state index in [0.717, 1.165) is 13.0 Å². The minimum Gasteiger partial charge on any atom is -0.356 e. The molecule has 0 amide bonds. The zero-order valence-electron chi connectivity index (χ0n) is 4.86. The third-order valence-electron chi connectivity index (χ3n) is 0.742. The maximum atomic E-state index is 5.12. The molecule has 0 atom stereocenters. The van der Waals surface area contributed by atoms with Gasteiger partial charge in [-0.25, -0.2) is 0 Å². The number of hydrogen-bond donors (Lipinski definition) is 0. The van der Waals surface area contributed by atoms with Crippen molar-refractivity contribution < 1.29 is 4.74 Å². The molecule has 0 bridgehead atoms. The molecule has 0 saturated heterocycles. The van der Waals surface area contributed by atoms with Gasteiger partial charge in [-0.15, -0.1) is 0 Å². The fraction of sp³-hybridized carbons (Fsp3) is 1.00. The maximum absolute atomic E-state index is 5.12. The molecule has 3 heteroatoms. The van der Waals surface area contributed by atoms with Crippen LogP contribution in [0.2, 0.25) is 0 Å². The van der Waals surface area contributed by atoms with Gasteiger partial charge < -0.3 is 4.74 Å². The van der Waals surface area contributed by atoms with Crippen LogP contribution in [0.15, 0.2) is 0 Å². The van der Waals surface area contributed by atoms with Crippen LogP contribution in [0.3, 0.4) is 0 Å². The Hall–Kier alpha value is 0.920. The van der Waals surface area contributed by atoms with Crippen LogP contribution >= 0.6 is 31.9 Å². The van der Waals surface area contributed by atoms with Gasteiger partial charge >= 0.3 is 0 Å². The highest BCUT2D eigenvalue weighted by molar-refractivity contribution is 9.24. The summed E-state index contributed by atoms with van der Waals surface area (Å²) >= 11 is 6.40. The molecule has 0 rings (SSSR count). The van der Waals surface area contributed by atoms with Gasteiger partial charge in [-0.1, -0.05) is 13.3 Å². The Morgan fingerprint density at radius 1 is 1.50 bits per heavy atom. The molecule has 0 fully saturated rings. The third-order valence-corrected chi connectivity index (χ3v) is 1.27. The zero-order chi connectivity index (χ0) is 6.41. The van der Waals surface area contributed by atoms with Gasteiger partial charge in [-0.2, -0.15) is 0 Å². The lowest BCUT2D eigenvalue weighted by Gasteiger charge is -2.01. The van der Waals surface area contributed by atoms with Crippen LogP contribution in [0.5, 0.6) is 0 Å². The molecule has 50 valence electrons. The van der Waals surface area contributed by atoms with Gasteiger partial charge in [0.25, 0.3) is 0 Å². The topological polar surface area (TPSA) is 9.23 Å². The number of hydrogen-bond acceptors (Lipinski definition) is 1. The first-order valence-electron chi connectivity index (χ1n) is 2.67. The second kappa shape index (κ2) is 6.05. The lowest BCUT2D eigenvalue weighted by Crippen LogP contribution is -1.96. The second-order valence-electron chi connectivity index (χ2n) is 1.48. The van der Waals surface area contributed by atoms with Crippen LogP contribution < -0.4 is 0 Å². The highest BCUT2D eigenvalue weighted by Crippen LogP contribution is 2.09. The first-order chi connectivity index (χ1) is 3.77. The van der Waals surface area contributed by atoms with Crippen molar-refractivity contribution in [3.8, 4) is 0 Å².